The van der Waals surface area contributed by atoms with Crippen molar-refractivity contribution in [3.8, 4) is 11.1 Å². The van der Waals surface area contributed by atoms with Gasteiger partial charge >= 0.3 is 6.18 Å². The van der Waals surface area contributed by atoms with Crippen molar-refractivity contribution in [2.45, 2.75) is 26.1 Å². The number of fused-ring (bicyclic) bond motifs is 1. The standard InChI is InChI=1S/C18H16F3NO/c1-12(23)22-9-8-14-2-3-15(10-16(14)11-22)13-4-6-17(7-5-13)18(19,20)21/h2-7,10H,8-9,11H2,1H3. The molecule has 0 saturated carbocycles. The minimum Gasteiger partial charge on any atom is -0.338 e. The van der Waals surface area contributed by atoms with Gasteiger partial charge in [-0.3, -0.25) is 4.79 Å². The van der Waals surface area contributed by atoms with Gasteiger partial charge in [0.25, 0.3) is 0 Å². The second-order valence-corrected chi connectivity index (χ2v) is 5.75. The monoisotopic (exact) mass is 319 g/mol. The summed E-state index contributed by atoms with van der Waals surface area (Å²) in [5.41, 5.74) is 3.20. The highest BCUT2D eigenvalue weighted by atomic mass is 19.4. The Morgan fingerprint density at radius 3 is 2.26 bits per heavy atom. The van der Waals surface area contributed by atoms with Gasteiger partial charge in [0.15, 0.2) is 0 Å². The lowest BCUT2D eigenvalue weighted by Crippen LogP contribution is -2.34. The number of carbonyl (C=O) groups is 1. The average Bonchev–Trinajstić information content (AvgIpc) is 2.53. The number of rotatable bonds is 1. The fourth-order valence-corrected chi connectivity index (χ4v) is 2.86. The highest BCUT2D eigenvalue weighted by Gasteiger charge is 2.30. The minimum absolute atomic E-state index is 0.0376. The highest BCUT2D eigenvalue weighted by Crippen LogP contribution is 2.32. The molecule has 0 spiro atoms. The van der Waals surface area contributed by atoms with Crippen molar-refractivity contribution in [3.63, 3.8) is 0 Å². The molecule has 1 heterocycles. The number of hydrogen-bond acceptors (Lipinski definition) is 1. The van der Waals surface area contributed by atoms with Crippen molar-refractivity contribution in [2.75, 3.05) is 6.54 Å². The van der Waals surface area contributed by atoms with Gasteiger partial charge in [-0.05, 0) is 46.9 Å². The zero-order valence-corrected chi connectivity index (χ0v) is 12.7. The van der Waals surface area contributed by atoms with Crippen molar-refractivity contribution >= 4 is 5.91 Å². The molecule has 0 N–H and O–H groups in total. The first-order valence-corrected chi connectivity index (χ1v) is 7.39. The first-order valence-electron chi connectivity index (χ1n) is 7.39. The summed E-state index contributed by atoms with van der Waals surface area (Å²) in [5.74, 6) is 0.0376. The van der Waals surface area contributed by atoms with Crippen LogP contribution >= 0.6 is 0 Å². The van der Waals surface area contributed by atoms with E-state index >= 15 is 0 Å². The molecule has 1 amide bonds. The van der Waals surface area contributed by atoms with E-state index in [1.54, 1.807) is 11.8 Å². The summed E-state index contributed by atoms with van der Waals surface area (Å²) in [6.45, 7) is 2.81. The number of amides is 1. The fraction of sp³-hybridized carbons (Fsp3) is 0.278. The van der Waals surface area contributed by atoms with E-state index in [-0.39, 0.29) is 5.91 Å². The van der Waals surface area contributed by atoms with E-state index in [9.17, 15) is 18.0 Å². The van der Waals surface area contributed by atoms with Gasteiger partial charge in [0.1, 0.15) is 0 Å². The molecule has 1 aliphatic rings. The highest BCUT2D eigenvalue weighted by molar-refractivity contribution is 5.74. The maximum Gasteiger partial charge on any atom is 0.416 e. The van der Waals surface area contributed by atoms with Crippen molar-refractivity contribution in [1.82, 2.24) is 4.90 Å². The van der Waals surface area contributed by atoms with Gasteiger partial charge in [0, 0.05) is 20.0 Å². The van der Waals surface area contributed by atoms with E-state index in [1.165, 1.54) is 17.7 Å². The Morgan fingerprint density at radius 1 is 1.00 bits per heavy atom. The Morgan fingerprint density at radius 2 is 1.65 bits per heavy atom. The molecule has 3 rings (SSSR count). The van der Waals surface area contributed by atoms with Gasteiger partial charge in [-0.1, -0.05) is 24.3 Å². The van der Waals surface area contributed by atoms with Crippen LogP contribution in [0.15, 0.2) is 42.5 Å². The van der Waals surface area contributed by atoms with Crippen LogP contribution in [-0.4, -0.2) is 17.4 Å². The molecule has 0 unspecified atom stereocenters. The third-order valence-electron chi connectivity index (χ3n) is 4.21. The molecule has 2 aromatic carbocycles. The van der Waals surface area contributed by atoms with Crippen LogP contribution in [0.1, 0.15) is 23.6 Å². The van der Waals surface area contributed by atoms with Crippen LogP contribution in [-0.2, 0) is 23.9 Å². The molecule has 0 saturated heterocycles. The molecule has 0 bridgehead atoms. The quantitative estimate of drug-likeness (QED) is 0.768. The number of nitrogens with zero attached hydrogens (tertiary/aromatic N) is 1. The van der Waals surface area contributed by atoms with Gasteiger partial charge in [0.2, 0.25) is 5.91 Å². The predicted octanol–water partition coefficient (Wildman–Crippen LogP) is 4.28. The van der Waals surface area contributed by atoms with Crippen LogP contribution < -0.4 is 0 Å². The molecule has 120 valence electrons. The van der Waals surface area contributed by atoms with E-state index < -0.39 is 11.7 Å². The molecule has 0 atom stereocenters. The lowest BCUT2D eigenvalue weighted by molar-refractivity contribution is -0.137. The fourth-order valence-electron chi connectivity index (χ4n) is 2.86. The maximum atomic E-state index is 12.6. The van der Waals surface area contributed by atoms with E-state index in [0.717, 1.165) is 35.2 Å². The van der Waals surface area contributed by atoms with Crippen LogP contribution in [0.3, 0.4) is 0 Å². The van der Waals surface area contributed by atoms with Crippen molar-refractivity contribution < 1.29 is 18.0 Å². The molecule has 5 heteroatoms. The van der Waals surface area contributed by atoms with Crippen molar-refractivity contribution in [1.29, 1.82) is 0 Å². The zero-order chi connectivity index (χ0) is 16.6. The van der Waals surface area contributed by atoms with E-state index in [2.05, 4.69) is 0 Å². The second kappa shape index (κ2) is 5.72. The average molecular weight is 319 g/mol. The molecule has 2 aromatic rings. The first-order chi connectivity index (χ1) is 10.8. The van der Waals surface area contributed by atoms with Crippen molar-refractivity contribution in [2.24, 2.45) is 0 Å². The molecule has 23 heavy (non-hydrogen) atoms. The van der Waals surface area contributed by atoms with Gasteiger partial charge in [-0.2, -0.15) is 13.2 Å². The third-order valence-corrected chi connectivity index (χ3v) is 4.21. The topological polar surface area (TPSA) is 20.3 Å². The summed E-state index contributed by atoms with van der Waals surface area (Å²) in [7, 11) is 0. The third kappa shape index (κ3) is 3.23. The number of benzene rings is 2. The molecular weight excluding hydrogens is 303 g/mol. The summed E-state index contributed by atoms with van der Waals surface area (Å²) in [6.07, 6.45) is -3.52. The number of hydrogen-bond donors (Lipinski definition) is 0. The SMILES string of the molecule is CC(=O)N1CCc2ccc(-c3ccc(C(F)(F)F)cc3)cc2C1. The van der Waals surface area contributed by atoms with Crippen LogP contribution in [0, 0.1) is 0 Å². The molecular formula is C18H16F3NO. The van der Waals surface area contributed by atoms with E-state index in [4.69, 9.17) is 0 Å². The predicted molar refractivity (Wildman–Crippen MR) is 81.7 cm³/mol. The maximum absolute atomic E-state index is 12.6. The molecule has 1 aliphatic heterocycles. The van der Waals surface area contributed by atoms with Crippen molar-refractivity contribution in [3.05, 3.63) is 59.2 Å². The Hall–Kier alpha value is -2.30. The largest absolute Gasteiger partial charge is 0.416 e. The lowest BCUT2D eigenvalue weighted by Gasteiger charge is -2.28. The first kappa shape index (κ1) is 15.6. The van der Waals surface area contributed by atoms with Gasteiger partial charge in [0.05, 0.1) is 5.56 Å². The summed E-state index contributed by atoms with van der Waals surface area (Å²) in [4.78, 5) is 13.3. The normalized spacial score (nSPS) is 14.5. The summed E-state index contributed by atoms with van der Waals surface area (Å²) in [5, 5.41) is 0. The number of alkyl halides is 3. The molecule has 2 nitrogen and oxygen atoms in total. The summed E-state index contributed by atoms with van der Waals surface area (Å²) < 4.78 is 37.9. The summed E-state index contributed by atoms with van der Waals surface area (Å²) in [6, 6.07) is 11.0. The minimum atomic E-state index is -4.32. The lowest BCUT2D eigenvalue weighted by atomic mass is 9.94. The molecule has 0 radical (unpaired) electrons. The van der Waals surface area contributed by atoms with E-state index in [1.807, 2.05) is 18.2 Å². The second-order valence-electron chi connectivity index (χ2n) is 5.75. The Balaban J connectivity index is 1.90. The van der Waals surface area contributed by atoms with Crippen LogP contribution in [0.4, 0.5) is 13.2 Å². The van der Waals surface area contributed by atoms with Gasteiger partial charge in [-0.15, -0.1) is 0 Å². The smallest absolute Gasteiger partial charge is 0.338 e. The number of carbonyl (C=O) groups excluding carboxylic acids is 1. The number of halogens is 3. The van der Waals surface area contributed by atoms with Gasteiger partial charge < -0.3 is 4.90 Å². The van der Waals surface area contributed by atoms with Crippen LogP contribution in [0.25, 0.3) is 11.1 Å². The van der Waals surface area contributed by atoms with Gasteiger partial charge in [-0.25, -0.2) is 0 Å². The van der Waals surface area contributed by atoms with E-state index in [0.29, 0.717) is 13.1 Å². The Bertz CT molecular complexity index is 735. The molecule has 0 fully saturated rings. The Labute approximate surface area is 132 Å². The van der Waals surface area contributed by atoms with Crippen LogP contribution in [0.5, 0.6) is 0 Å². The molecule has 0 aliphatic carbocycles. The summed E-state index contributed by atoms with van der Waals surface area (Å²) >= 11 is 0. The zero-order valence-electron chi connectivity index (χ0n) is 12.7. The Kier molecular flexibility index (Phi) is 3.88. The molecule has 0 aromatic heterocycles. The van der Waals surface area contributed by atoms with Crippen LogP contribution in [0.2, 0.25) is 0 Å².